The van der Waals surface area contributed by atoms with Crippen LogP contribution in [0.5, 0.6) is 0 Å². The fourth-order valence-corrected chi connectivity index (χ4v) is 1.77. The summed E-state index contributed by atoms with van der Waals surface area (Å²) in [6.07, 6.45) is 0.227. The number of nitrogens with one attached hydrogen (secondary N) is 1. The molecule has 0 aliphatic heterocycles. The highest BCUT2D eigenvalue weighted by atomic mass is 19.1. The molecule has 0 heterocycles. The molecule has 3 N–H and O–H groups in total. The number of carbonyl (C=O) groups is 1. The molecule has 21 heavy (non-hydrogen) atoms. The minimum atomic E-state index is -1.53. The van der Waals surface area contributed by atoms with Gasteiger partial charge in [0, 0.05) is 13.7 Å². The first-order chi connectivity index (χ1) is 9.90. The van der Waals surface area contributed by atoms with Gasteiger partial charge < -0.3 is 20.3 Å². The Labute approximate surface area is 119 Å². The van der Waals surface area contributed by atoms with Crippen LogP contribution < -0.4 is 5.32 Å². The summed E-state index contributed by atoms with van der Waals surface area (Å²) in [5.74, 6) is -2.72. The fraction of sp³-hybridized carbons (Fsp3) is 0.417. The van der Waals surface area contributed by atoms with E-state index in [0.717, 1.165) is 6.07 Å². The van der Waals surface area contributed by atoms with E-state index in [1.807, 2.05) is 0 Å². The first kappa shape index (κ1) is 16.8. The van der Waals surface area contributed by atoms with Gasteiger partial charge in [-0.2, -0.15) is 0 Å². The summed E-state index contributed by atoms with van der Waals surface area (Å²) in [5.41, 5.74) is -1.41. The summed E-state index contributed by atoms with van der Waals surface area (Å²) in [5, 5.41) is 31.4. The molecule has 0 spiro atoms. The summed E-state index contributed by atoms with van der Waals surface area (Å²) < 4.78 is 18.4. The largest absolute Gasteiger partial charge is 0.478 e. The molecule has 0 saturated carbocycles. The maximum Gasteiger partial charge on any atom is 0.338 e. The van der Waals surface area contributed by atoms with Gasteiger partial charge in [0.05, 0.1) is 29.2 Å². The number of hydrogen-bond donors (Lipinski definition) is 3. The zero-order valence-electron chi connectivity index (χ0n) is 11.2. The Bertz CT molecular complexity index is 531. The number of nitro benzene ring substituents is 1. The Hall–Kier alpha value is -2.26. The Morgan fingerprint density at radius 3 is 2.71 bits per heavy atom. The standard InChI is InChI=1S/C12H15FN2O6/c1-21-6-7(2-3-16)14-10-4-8(12(17)18)9(13)5-11(10)15(19)20/h4-5,7,14,16H,2-3,6H2,1H3,(H,17,18). The van der Waals surface area contributed by atoms with Crippen LogP contribution in [0.4, 0.5) is 15.8 Å². The van der Waals surface area contributed by atoms with E-state index in [2.05, 4.69) is 5.32 Å². The predicted octanol–water partition coefficient (Wildman–Crippen LogP) is 1.24. The second-order valence-electron chi connectivity index (χ2n) is 4.22. The number of nitrogens with zero attached hydrogens (tertiary/aromatic N) is 1. The van der Waals surface area contributed by atoms with E-state index in [9.17, 15) is 19.3 Å². The smallest absolute Gasteiger partial charge is 0.338 e. The van der Waals surface area contributed by atoms with Crippen LogP contribution in [0.1, 0.15) is 16.8 Å². The summed E-state index contributed by atoms with van der Waals surface area (Å²) >= 11 is 0. The number of ether oxygens (including phenoxy) is 1. The SMILES string of the molecule is COCC(CCO)Nc1cc(C(=O)O)c(F)cc1[N+](=O)[O-]. The van der Waals surface area contributed by atoms with E-state index in [1.165, 1.54) is 7.11 Å². The summed E-state index contributed by atoms with van der Waals surface area (Å²) in [6.45, 7) is -0.0562. The van der Waals surface area contributed by atoms with E-state index in [4.69, 9.17) is 14.9 Å². The maximum absolute atomic E-state index is 13.5. The van der Waals surface area contributed by atoms with Gasteiger partial charge in [0.1, 0.15) is 11.5 Å². The van der Waals surface area contributed by atoms with Gasteiger partial charge in [0.25, 0.3) is 5.69 Å². The number of aromatic carboxylic acids is 1. The van der Waals surface area contributed by atoms with Crippen molar-refractivity contribution in [2.45, 2.75) is 12.5 Å². The van der Waals surface area contributed by atoms with Crippen LogP contribution in [0.25, 0.3) is 0 Å². The van der Waals surface area contributed by atoms with Crippen molar-refractivity contribution in [1.29, 1.82) is 0 Å². The van der Waals surface area contributed by atoms with E-state index in [0.29, 0.717) is 6.07 Å². The van der Waals surface area contributed by atoms with Crippen molar-refractivity contribution in [3.8, 4) is 0 Å². The minimum absolute atomic E-state index is 0.136. The van der Waals surface area contributed by atoms with Crippen LogP contribution in [0.3, 0.4) is 0 Å². The third-order valence-corrected chi connectivity index (χ3v) is 2.72. The monoisotopic (exact) mass is 302 g/mol. The topological polar surface area (TPSA) is 122 Å². The molecule has 0 aliphatic carbocycles. The average Bonchev–Trinajstić information content (AvgIpc) is 2.40. The Morgan fingerprint density at radius 2 is 2.24 bits per heavy atom. The molecule has 0 aliphatic rings. The summed E-state index contributed by atoms with van der Waals surface area (Å²) in [6, 6.07) is 0.926. The van der Waals surface area contributed by atoms with Crippen LogP contribution >= 0.6 is 0 Å². The molecule has 0 fully saturated rings. The third kappa shape index (κ3) is 4.36. The normalized spacial score (nSPS) is 12.0. The summed E-state index contributed by atoms with van der Waals surface area (Å²) in [4.78, 5) is 21.0. The number of carboxylic acid groups (broad SMARTS) is 1. The molecule has 9 heteroatoms. The van der Waals surface area contributed by atoms with Crippen molar-refractivity contribution in [3.63, 3.8) is 0 Å². The van der Waals surface area contributed by atoms with Crippen molar-refractivity contribution in [2.75, 3.05) is 25.6 Å². The number of nitro groups is 1. The number of anilines is 1. The number of hydrogen-bond acceptors (Lipinski definition) is 6. The second-order valence-corrected chi connectivity index (χ2v) is 4.22. The van der Waals surface area contributed by atoms with Gasteiger partial charge in [0.15, 0.2) is 0 Å². The predicted molar refractivity (Wildman–Crippen MR) is 71.0 cm³/mol. The molecule has 0 bridgehead atoms. The van der Waals surface area contributed by atoms with E-state index < -0.39 is 34.0 Å². The lowest BCUT2D eigenvalue weighted by atomic mass is 10.1. The van der Waals surface area contributed by atoms with E-state index >= 15 is 0 Å². The van der Waals surface area contributed by atoms with Gasteiger partial charge in [-0.25, -0.2) is 9.18 Å². The van der Waals surface area contributed by atoms with Crippen molar-refractivity contribution in [2.24, 2.45) is 0 Å². The number of methoxy groups -OCH3 is 1. The van der Waals surface area contributed by atoms with Crippen LogP contribution in [0, 0.1) is 15.9 Å². The lowest BCUT2D eigenvalue weighted by Crippen LogP contribution is -2.26. The zero-order chi connectivity index (χ0) is 16.0. The lowest BCUT2D eigenvalue weighted by molar-refractivity contribution is -0.384. The second kappa shape index (κ2) is 7.50. The van der Waals surface area contributed by atoms with Gasteiger partial charge in [-0.3, -0.25) is 10.1 Å². The van der Waals surface area contributed by atoms with Gasteiger partial charge >= 0.3 is 5.97 Å². The van der Waals surface area contributed by atoms with Crippen molar-refractivity contribution in [1.82, 2.24) is 0 Å². The number of rotatable bonds is 8. The zero-order valence-corrected chi connectivity index (χ0v) is 11.2. The minimum Gasteiger partial charge on any atom is -0.478 e. The molecule has 0 radical (unpaired) electrons. The quantitative estimate of drug-likeness (QED) is 0.487. The number of aliphatic hydroxyl groups is 1. The molecule has 8 nitrogen and oxygen atoms in total. The molecule has 1 atom stereocenters. The highest BCUT2D eigenvalue weighted by molar-refractivity contribution is 5.90. The van der Waals surface area contributed by atoms with Crippen LogP contribution in [-0.4, -0.2) is 47.5 Å². The highest BCUT2D eigenvalue weighted by Gasteiger charge is 2.23. The Kier molecular flexibility index (Phi) is 6.00. The molecule has 1 rings (SSSR count). The van der Waals surface area contributed by atoms with Gasteiger partial charge in [-0.15, -0.1) is 0 Å². The molecule has 1 aromatic carbocycles. The first-order valence-corrected chi connectivity index (χ1v) is 5.98. The van der Waals surface area contributed by atoms with Gasteiger partial charge in [-0.1, -0.05) is 0 Å². The van der Waals surface area contributed by atoms with Crippen LogP contribution in [0.2, 0.25) is 0 Å². The number of benzene rings is 1. The van der Waals surface area contributed by atoms with Crippen molar-refractivity contribution >= 4 is 17.3 Å². The average molecular weight is 302 g/mol. The molecule has 1 aromatic rings. The molecule has 1 unspecified atom stereocenters. The fourth-order valence-electron chi connectivity index (χ4n) is 1.77. The van der Waals surface area contributed by atoms with Crippen LogP contribution in [0.15, 0.2) is 12.1 Å². The Morgan fingerprint density at radius 1 is 1.57 bits per heavy atom. The molecule has 116 valence electrons. The van der Waals surface area contributed by atoms with Gasteiger partial charge in [0.2, 0.25) is 0 Å². The summed E-state index contributed by atoms with van der Waals surface area (Å²) in [7, 11) is 1.41. The molecular formula is C12H15FN2O6. The highest BCUT2D eigenvalue weighted by Crippen LogP contribution is 2.28. The molecule has 0 amide bonds. The number of halogens is 1. The molecule has 0 aromatic heterocycles. The third-order valence-electron chi connectivity index (χ3n) is 2.72. The van der Waals surface area contributed by atoms with E-state index in [-0.39, 0.29) is 25.3 Å². The van der Waals surface area contributed by atoms with Crippen LogP contribution in [-0.2, 0) is 4.74 Å². The van der Waals surface area contributed by atoms with E-state index in [1.54, 1.807) is 0 Å². The Balaban J connectivity index is 3.20. The first-order valence-electron chi connectivity index (χ1n) is 5.98. The number of carboxylic acids is 1. The molecule has 0 saturated heterocycles. The van der Waals surface area contributed by atoms with Crippen molar-refractivity contribution < 1.29 is 29.1 Å². The number of aliphatic hydroxyl groups excluding tert-OH is 1. The molecular weight excluding hydrogens is 287 g/mol. The van der Waals surface area contributed by atoms with Gasteiger partial charge in [-0.05, 0) is 12.5 Å². The van der Waals surface area contributed by atoms with Crippen molar-refractivity contribution in [3.05, 3.63) is 33.6 Å². The lowest BCUT2D eigenvalue weighted by Gasteiger charge is -2.18. The maximum atomic E-state index is 13.5.